The largest absolute Gasteiger partial charge is 0.384 e. The Balaban J connectivity index is 1.45. The van der Waals surface area contributed by atoms with Gasteiger partial charge in [0.2, 0.25) is 12.3 Å². The molecule has 4 rings (SSSR count). The molecule has 0 aromatic heterocycles. The average Bonchev–Trinajstić information content (AvgIpc) is 3.60. The maximum atomic E-state index is 12.6. The van der Waals surface area contributed by atoms with Gasteiger partial charge in [0.05, 0.1) is 12.9 Å². The van der Waals surface area contributed by atoms with Gasteiger partial charge in [-0.3, -0.25) is 9.69 Å². The summed E-state index contributed by atoms with van der Waals surface area (Å²) in [5.74, 6) is 0.787. The van der Waals surface area contributed by atoms with E-state index in [-0.39, 0.29) is 11.3 Å². The smallest absolute Gasteiger partial charge is 0.228 e. The van der Waals surface area contributed by atoms with Crippen molar-refractivity contribution >= 4 is 12.2 Å². The summed E-state index contributed by atoms with van der Waals surface area (Å²) in [6, 6.07) is 0. The molecule has 4 aliphatic rings. The number of carbonyl (C=O) groups excluding carboxylic acids is 1. The normalized spacial score (nSPS) is 29.7. The Hall–Kier alpha value is -2.32. The third kappa shape index (κ3) is 8.39. The van der Waals surface area contributed by atoms with Crippen LogP contribution in [0.5, 0.6) is 0 Å². The zero-order chi connectivity index (χ0) is 24.5. The summed E-state index contributed by atoms with van der Waals surface area (Å²) in [6.07, 6.45) is 19.6. The highest BCUT2D eigenvalue weighted by molar-refractivity contribution is 5.78. The number of likely N-dealkylation sites (tertiary alicyclic amines) is 1. The van der Waals surface area contributed by atoms with E-state index in [0.29, 0.717) is 24.8 Å². The zero-order valence-electron chi connectivity index (χ0n) is 21.4. The highest BCUT2D eigenvalue weighted by Gasteiger charge is 2.45. The van der Waals surface area contributed by atoms with Crippen molar-refractivity contribution in [2.24, 2.45) is 22.1 Å². The minimum atomic E-state index is -0.580. The quantitative estimate of drug-likeness (QED) is 0.459. The van der Waals surface area contributed by atoms with Gasteiger partial charge in [-0.1, -0.05) is 38.0 Å². The fourth-order valence-electron chi connectivity index (χ4n) is 5.23. The second-order valence-corrected chi connectivity index (χ2v) is 10.7. The van der Waals surface area contributed by atoms with Crippen LogP contribution in [0.2, 0.25) is 0 Å². The van der Waals surface area contributed by atoms with Gasteiger partial charge in [-0.2, -0.15) is 0 Å². The molecule has 4 N–H and O–H groups in total. The van der Waals surface area contributed by atoms with E-state index >= 15 is 0 Å². The van der Waals surface area contributed by atoms with Crippen molar-refractivity contribution in [3.8, 4) is 0 Å². The van der Waals surface area contributed by atoms with Crippen molar-refractivity contribution < 1.29 is 9.53 Å². The molecule has 1 amide bonds. The standard InChI is InChI=1S/C27H44N6O2/c1-2-3-14-35-26-30-21-33(20-27(10-11-27)16-25(34)29-17-24(28)31-26)19-23-9-7-8-22(15-23)18-32-12-5-4-6-13-32/h7-8,15,17,21,23,26,31H,2-6,9-14,16,18-20,28H2,1H3,(H,29,34)/b24-17+,30-21+. The Morgan fingerprint density at radius 3 is 2.86 bits per heavy atom. The van der Waals surface area contributed by atoms with Gasteiger partial charge in [-0.05, 0) is 68.5 Å². The molecule has 2 unspecified atom stereocenters. The summed E-state index contributed by atoms with van der Waals surface area (Å²) in [7, 11) is 0. The summed E-state index contributed by atoms with van der Waals surface area (Å²) in [6.45, 7) is 7.92. The Labute approximate surface area is 210 Å². The number of nitrogens with zero attached hydrogens (tertiary/aromatic N) is 3. The summed E-state index contributed by atoms with van der Waals surface area (Å²) in [5.41, 5.74) is 7.53. The summed E-state index contributed by atoms with van der Waals surface area (Å²) in [5, 5.41) is 5.91. The SMILES string of the molecule is CCCCOC1/N=C/N(CC2C=C(CN3CCCCC3)C=CC2)CC2(CC2)CC(=O)N/C=C(\N)N1. The molecule has 2 aliphatic carbocycles. The van der Waals surface area contributed by atoms with Crippen LogP contribution in [0.3, 0.4) is 0 Å². The molecule has 2 atom stereocenters. The van der Waals surface area contributed by atoms with Crippen LogP contribution in [0.4, 0.5) is 0 Å². The van der Waals surface area contributed by atoms with Crippen molar-refractivity contribution in [3.63, 3.8) is 0 Å². The second kappa shape index (κ2) is 12.6. The lowest BCUT2D eigenvalue weighted by molar-refractivity contribution is -0.121. The number of ether oxygens (including phenoxy) is 1. The van der Waals surface area contributed by atoms with Crippen LogP contribution in [-0.4, -0.2) is 67.7 Å². The molecule has 1 saturated carbocycles. The van der Waals surface area contributed by atoms with Gasteiger partial charge >= 0.3 is 0 Å². The molecule has 194 valence electrons. The first kappa shape index (κ1) is 25.8. The number of carbonyl (C=O) groups is 1. The van der Waals surface area contributed by atoms with Gasteiger partial charge in [-0.25, -0.2) is 4.99 Å². The number of hydrogen-bond acceptors (Lipinski definition) is 7. The number of hydrogen-bond donors (Lipinski definition) is 3. The van der Waals surface area contributed by atoms with Gasteiger partial charge in [0.15, 0.2) is 0 Å². The van der Waals surface area contributed by atoms with E-state index in [0.717, 1.165) is 51.7 Å². The van der Waals surface area contributed by atoms with E-state index in [1.165, 1.54) is 44.1 Å². The zero-order valence-corrected chi connectivity index (χ0v) is 21.4. The molecule has 0 radical (unpaired) electrons. The summed E-state index contributed by atoms with van der Waals surface area (Å²) in [4.78, 5) is 22.2. The molecule has 0 aromatic rings. The predicted molar refractivity (Wildman–Crippen MR) is 140 cm³/mol. The van der Waals surface area contributed by atoms with Crippen LogP contribution in [0.15, 0.2) is 40.8 Å². The van der Waals surface area contributed by atoms with Crippen LogP contribution >= 0.6 is 0 Å². The van der Waals surface area contributed by atoms with Gasteiger partial charge in [0.25, 0.3) is 0 Å². The van der Waals surface area contributed by atoms with E-state index in [2.05, 4.69) is 45.6 Å². The van der Waals surface area contributed by atoms with Gasteiger partial charge in [0, 0.05) is 32.3 Å². The van der Waals surface area contributed by atoms with Gasteiger partial charge in [0.1, 0.15) is 5.82 Å². The second-order valence-electron chi connectivity index (χ2n) is 10.7. The molecule has 0 aromatic carbocycles. The van der Waals surface area contributed by atoms with E-state index in [9.17, 15) is 4.79 Å². The molecule has 35 heavy (non-hydrogen) atoms. The Bertz CT molecular complexity index is 826. The van der Waals surface area contributed by atoms with Crippen LogP contribution in [0, 0.1) is 11.3 Å². The Morgan fingerprint density at radius 1 is 1.26 bits per heavy atom. The van der Waals surface area contributed by atoms with Crippen molar-refractivity contribution in [1.82, 2.24) is 20.4 Å². The molecule has 8 nitrogen and oxygen atoms in total. The van der Waals surface area contributed by atoms with Crippen LogP contribution in [0.25, 0.3) is 0 Å². The van der Waals surface area contributed by atoms with Crippen LogP contribution in [0.1, 0.15) is 64.7 Å². The minimum absolute atomic E-state index is 0.0116. The van der Waals surface area contributed by atoms with Crippen LogP contribution in [-0.2, 0) is 9.53 Å². The van der Waals surface area contributed by atoms with E-state index < -0.39 is 6.35 Å². The maximum absolute atomic E-state index is 12.6. The number of rotatable bonds is 8. The highest BCUT2D eigenvalue weighted by Crippen LogP contribution is 2.49. The highest BCUT2D eigenvalue weighted by atomic mass is 16.5. The van der Waals surface area contributed by atoms with Crippen molar-refractivity contribution in [1.29, 1.82) is 0 Å². The molecule has 8 heteroatoms. The lowest BCUT2D eigenvalue weighted by Gasteiger charge is -2.31. The number of aliphatic imine (C=N–C) groups is 1. The molecular weight excluding hydrogens is 440 g/mol. The molecule has 0 bridgehead atoms. The number of nitrogens with one attached hydrogen (secondary N) is 2. The van der Waals surface area contributed by atoms with Crippen molar-refractivity contribution in [3.05, 3.63) is 35.8 Å². The lowest BCUT2D eigenvalue weighted by atomic mass is 9.94. The monoisotopic (exact) mass is 484 g/mol. The third-order valence-corrected chi connectivity index (χ3v) is 7.39. The molecule has 1 saturated heterocycles. The first-order valence-electron chi connectivity index (χ1n) is 13.5. The van der Waals surface area contributed by atoms with E-state index in [4.69, 9.17) is 15.5 Å². The third-order valence-electron chi connectivity index (χ3n) is 7.39. The summed E-state index contributed by atoms with van der Waals surface area (Å²) >= 11 is 0. The number of amides is 1. The van der Waals surface area contributed by atoms with Crippen molar-refractivity contribution in [2.45, 2.75) is 71.1 Å². The first-order chi connectivity index (χ1) is 17.0. The Kier molecular flexibility index (Phi) is 9.26. The molecule has 1 spiro atoms. The van der Waals surface area contributed by atoms with Crippen LogP contribution < -0.4 is 16.4 Å². The Morgan fingerprint density at radius 2 is 2.09 bits per heavy atom. The predicted octanol–water partition coefficient (Wildman–Crippen LogP) is 3.05. The number of piperidine rings is 1. The lowest BCUT2D eigenvalue weighted by Crippen LogP contribution is -2.40. The molecule has 2 heterocycles. The minimum Gasteiger partial charge on any atom is -0.384 e. The van der Waals surface area contributed by atoms with Gasteiger partial charge < -0.3 is 26.0 Å². The fraction of sp³-hybridized carbons (Fsp3) is 0.704. The molecular formula is C27H44N6O2. The van der Waals surface area contributed by atoms with Gasteiger partial charge in [-0.15, -0.1) is 0 Å². The maximum Gasteiger partial charge on any atom is 0.228 e. The number of nitrogens with two attached hydrogens (primary N) is 1. The van der Waals surface area contributed by atoms with E-state index in [1.807, 2.05) is 6.34 Å². The first-order valence-corrected chi connectivity index (χ1v) is 13.5. The van der Waals surface area contributed by atoms with Crippen molar-refractivity contribution in [2.75, 3.05) is 39.3 Å². The molecule has 2 fully saturated rings. The topological polar surface area (TPSA) is 95.2 Å². The van der Waals surface area contributed by atoms with E-state index in [1.54, 1.807) is 0 Å². The molecule has 2 aliphatic heterocycles. The summed E-state index contributed by atoms with van der Waals surface area (Å²) < 4.78 is 5.93. The fourth-order valence-corrected chi connectivity index (χ4v) is 5.23. The number of unbranched alkanes of at least 4 members (excludes halogenated alkanes) is 1. The number of allylic oxidation sites excluding steroid dienone is 1. The average molecular weight is 485 g/mol.